The van der Waals surface area contributed by atoms with Gasteiger partial charge in [-0.2, -0.15) is 0 Å². The number of amides is 1. The van der Waals surface area contributed by atoms with E-state index in [1.807, 2.05) is 42.2 Å². The highest BCUT2D eigenvalue weighted by Crippen LogP contribution is 2.26. The zero-order chi connectivity index (χ0) is 18.4. The van der Waals surface area contributed by atoms with Gasteiger partial charge in [-0.05, 0) is 36.8 Å². The molecule has 1 saturated heterocycles. The van der Waals surface area contributed by atoms with E-state index in [-0.39, 0.29) is 11.2 Å². The lowest BCUT2D eigenvalue weighted by molar-refractivity contribution is -0.132. The van der Waals surface area contributed by atoms with Crippen molar-refractivity contribution in [2.45, 2.75) is 23.6 Å². The van der Waals surface area contributed by atoms with Gasteiger partial charge >= 0.3 is 0 Å². The number of carbonyl (C=O) groups excluding carboxylic acids is 1. The van der Waals surface area contributed by atoms with Crippen molar-refractivity contribution >= 4 is 17.7 Å². The smallest absolute Gasteiger partial charge is 0.235 e. The Morgan fingerprint density at radius 1 is 1.04 bits per heavy atom. The van der Waals surface area contributed by atoms with Crippen LogP contribution in [0, 0.1) is 0 Å². The predicted molar refractivity (Wildman–Crippen MR) is 107 cm³/mol. The second-order valence-corrected chi connectivity index (χ2v) is 7.94. The van der Waals surface area contributed by atoms with Crippen LogP contribution in [0.4, 0.5) is 0 Å². The van der Waals surface area contributed by atoms with Gasteiger partial charge in [0.15, 0.2) is 0 Å². The Hall–Kier alpha value is -1.98. The number of methoxy groups -OCH3 is 1. The molecule has 26 heavy (non-hydrogen) atoms. The molecule has 1 aliphatic rings. The normalized spacial score (nSPS) is 16.3. The molecule has 1 aliphatic heterocycles. The largest absolute Gasteiger partial charge is 0.497 e. The van der Waals surface area contributed by atoms with Gasteiger partial charge in [0.25, 0.3) is 0 Å². The van der Waals surface area contributed by atoms with E-state index in [1.165, 1.54) is 5.56 Å². The molecule has 3 rings (SSSR count). The molecule has 0 saturated carbocycles. The van der Waals surface area contributed by atoms with E-state index in [0.717, 1.165) is 43.4 Å². The molecule has 1 amide bonds. The molecule has 4 nitrogen and oxygen atoms in total. The van der Waals surface area contributed by atoms with Gasteiger partial charge in [-0.3, -0.25) is 9.69 Å². The number of rotatable bonds is 6. The standard InChI is InChI=1S/C21H26N2O2S/c1-17(26-20-10-8-19(25-2)9-11-20)21(24)23-14-12-22(13-15-23)16-18-6-4-3-5-7-18/h3-11,17H,12-16H2,1-2H3. The summed E-state index contributed by atoms with van der Waals surface area (Å²) in [4.78, 5) is 18.3. The summed E-state index contributed by atoms with van der Waals surface area (Å²) in [6, 6.07) is 18.4. The summed E-state index contributed by atoms with van der Waals surface area (Å²) < 4.78 is 5.18. The van der Waals surface area contributed by atoms with Crippen molar-refractivity contribution in [2.75, 3.05) is 33.3 Å². The molecule has 2 aromatic rings. The third-order valence-electron chi connectivity index (χ3n) is 4.65. The molecular weight excluding hydrogens is 344 g/mol. The van der Waals surface area contributed by atoms with Crippen molar-refractivity contribution in [3.63, 3.8) is 0 Å². The lowest BCUT2D eigenvalue weighted by Crippen LogP contribution is -2.50. The molecule has 1 fully saturated rings. The number of piperazine rings is 1. The Labute approximate surface area is 160 Å². The van der Waals surface area contributed by atoms with Gasteiger partial charge in [-0.1, -0.05) is 30.3 Å². The van der Waals surface area contributed by atoms with Crippen LogP contribution < -0.4 is 4.74 Å². The SMILES string of the molecule is COc1ccc(SC(C)C(=O)N2CCN(Cc3ccccc3)CC2)cc1. The van der Waals surface area contributed by atoms with Gasteiger partial charge in [0.1, 0.15) is 5.75 Å². The second-order valence-electron chi connectivity index (χ2n) is 6.52. The van der Waals surface area contributed by atoms with E-state index in [9.17, 15) is 4.79 Å². The first kappa shape index (κ1) is 18.8. The summed E-state index contributed by atoms with van der Waals surface area (Å²) in [7, 11) is 1.66. The number of carbonyl (C=O) groups is 1. The summed E-state index contributed by atoms with van der Waals surface area (Å²) in [5.41, 5.74) is 1.33. The molecule has 0 radical (unpaired) electrons. The van der Waals surface area contributed by atoms with Crippen LogP contribution in [-0.2, 0) is 11.3 Å². The molecule has 1 atom stereocenters. The second kappa shape index (κ2) is 9.10. The highest BCUT2D eigenvalue weighted by Gasteiger charge is 2.25. The molecule has 1 heterocycles. The predicted octanol–water partition coefficient (Wildman–Crippen LogP) is 3.52. The number of ether oxygens (including phenoxy) is 1. The van der Waals surface area contributed by atoms with Crippen LogP contribution in [0.2, 0.25) is 0 Å². The maximum atomic E-state index is 12.8. The van der Waals surface area contributed by atoms with E-state index in [4.69, 9.17) is 4.74 Å². The molecule has 0 aliphatic carbocycles. The quantitative estimate of drug-likeness (QED) is 0.729. The topological polar surface area (TPSA) is 32.8 Å². The molecule has 0 aromatic heterocycles. The molecule has 0 bridgehead atoms. The van der Waals surface area contributed by atoms with Crippen LogP contribution in [0.15, 0.2) is 59.5 Å². The van der Waals surface area contributed by atoms with E-state index in [1.54, 1.807) is 18.9 Å². The minimum Gasteiger partial charge on any atom is -0.497 e. The monoisotopic (exact) mass is 370 g/mol. The third kappa shape index (κ3) is 5.02. The maximum absolute atomic E-state index is 12.8. The number of hydrogen-bond donors (Lipinski definition) is 0. The van der Waals surface area contributed by atoms with Crippen LogP contribution in [0.25, 0.3) is 0 Å². The number of thioether (sulfide) groups is 1. The number of hydrogen-bond acceptors (Lipinski definition) is 4. The third-order valence-corrected chi connectivity index (χ3v) is 5.75. The summed E-state index contributed by atoms with van der Waals surface area (Å²) in [5, 5.41) is -0.0796. The fourth-order valence-electron chi connectivity index (χ4n) is 3.13. The van der Waals surface area contributed by atoms with Crippen LogP contribution >= 0.6 is 11.8 Å². The summed E-state index contributed by atoms with van der Waals surface area (Å²) in [5.74, 6) is 1.06. The van der Waals surface area contributed by atoms with Crippen molar-refractivity contribution in [1.29, 1.82) is 0 Å². The Balaban J connectivity index is 1.47. The van der Waals surface area contributed by atoms with E-state index in [0.29, 0.717) is 0 Å². The Morgan fingerprint density at radius 2 is 1.69 bits per heavy atom. The average Bonchev–Trinajstić information content (AvgIpc) is 2.69. The van der Waals surface area contributed by atoms with Crippen LogP contribution in [0.1, 0.15) is 12.5 Å². The first-order valence-corrected chi connectivity index (χ1v) is 9.89. The molecule has 2 aromatic carbocycles. The van der Waals surface area contributed by atoms with Crippen LogP contribution in [-0.4, -0.2) is 54.2 Å². The first-order valence-electron chi connectivity index (χ1n) is 9.01. The summed E-state index contributed by atoms with van der Waals surface area (Å²) in [6.45, 7) is 6.42. The highest BCUT2D eigenvalue weighted by molar-refractivity contribution is 8.00. The lowest BCUT2D eigenvalue weighted by Gasteiger charge is -2.35. The van der Waals surface area contributed by atoms with Gasteiger partial charge in [-0.25, -0.2) is 0 Å². The molecule has 138 valence electrons. The van der Waals surface area contributed by atoms with Crippen molar-refractivity contribution in [3.05, 3.63) is 60.2 Å². The van der Waals surface area contributed by atoms with E-state index < -0.39 is 0 Å². The summed E-state index contributed by atoms with van der Waals surface area (Å²) >= 11 is 1.61. The van der Waals surface area contributed by atoms with Gasteiger partial charge in [0, 0.05) is 37.6 Å². The molecule has 0 spiro atoms. The fourth-order valence-corrected chi connectivity index (χ4v) is 4.09. The Morgan fingerprint density at radius 3 is 2.31 bits per heavy atom. The average molecular weight is 371 g/mol. The van der Waals surface area contributed by atoms with Gasteiger partial charge in [0.05, 0.1) is 12.4 Å². The fraction of sp³-hybridized carbons (Fsp3) is 0.381. The van der Waals surface area contributed by atoms with Gasteiger partial charge in [-0.15, -0.1) is 11.8 Å². The minimum atomic E-state index is -0.0796. The Bertz CT molecular complexity index is 698. The van der Waals surface area contributed by atoms with Crippen molar-refractivity contribution in [2.24, 2.45) is 0 Å². The maximum Gasteiger partial charge on any atom is 0.235 e. The molecule has 1 unspecified atom stereocenters. The number of benzene rings is 2. The lowest BCUT2D eigenvalue weighted by atomic mass is 10.2. The van der Waals surface area contributed by atoms with Crippen molar-refractivity contribution in [1.82, 2.24) is 9.80 Å². The zero-order valence-corrected chi connectivity index (χ0v) is 16.2. The van der Waals surface area contributed by atoms with Crippen molar-refractivity contribution in [3.8, 4) is 5.75 Å². The first-order chi connectivity index (χ1) is 12.7. The van der Waals surface area contributed by atoms with Gasteiger partial charge in [0.2, 0.25) is 5.91 Å². The van der Waals surface area contributed by atoms with Gasteiger partial charge < -0.3 is 9.64 Å². The molecule has 0 N–H and O–H groups in total. The van der Waals surface area contributed by atoms with E-state index >= 15 is 0 Å². The summed E-state index contributed by atoms with van der Waals surface area (Å²) in [6.07, 6.45) is 0. The Kier molecular flexibility index (Phi) is 6.58. The zero-order valence-electron chi connectivity index (χ0n) is 15.4. The van der Waals surface area contributed by atoms with Crippen LogP contribution in [0.3, 0.4) is 0 Å². The minimum absolute atomic E-state index is 0.0796. The van der Waals surface area contributed by atoms with E-state index in [2.05, 4.69) is 29.2 Å². The molecule has 5 heteroatoms. The molecular formula is C21H26N2O2S. The van der Waals surface area contributed by atoms with Crippen molar-refractivity contribution < 1.29 is 9.53 Å². The number of nitrogens with zero attached hydrogens (tertiary/aromatic N) is 2. The van der Waals surface area contributed by atoms with Crippen LogP contribution in [0.5, 0.6) is 5.75 Å². The highest BCUT2D eigenvalue weighted by atomic mass is 32.2.